The van der Waals surface area contributed by atoms with Crippen molar-refractivity contribution in [2.75, 3.05) is 6.54 Å². The molecule has 0 aliphatic heterocycles. The second-order valence-electron chi connectivity index (χ2n) is 6.78. The molecule has 2 aromatic rings. The van der Waals surface area contributed by atoms with Gasteiger partial charge in [-0.2, -0.15) is 0 Å². The van der Waals surface area contributed by atoms with Gasteiger partial charge >= 0.3 is 0 Å². The normalized spacial score (nSPS) is 11.9. The number of ether oxygens (including phenoxy) is 2. The first-order valence-electron chi connectivity index (χ1n) is 9.20. The first-order chi connectivity index (χ1) is 12.4. The van der Waals surface area contributed by atoms with Crippen LogP contribution >= 0.6 is 0 Å². The van der Waals surface area contributed by atoms with Gasteiger partial charge in [0.05, 0.1) is 6.10 Å². The minimum atomic E-state index is -0.509. The predicted molar refractivity (Wildman–Crippen MR) is 105 cm³/mol. The Morgan fingerprint density at radius 3 is 2.12 bits per heavy atom. The number of amides is 1. The molecule has 4 heteroatoms. The number of carbonyl (C=O) groups excluding carboxylic acids is 1. The average molecular weight is 355 g/mol. The van der Waals surface area contributed by atoms with Crippen LogP contribution in [0.3, 0.4) is 0 Å². The fourth-order valence-corrected chi connectivity index (χ4v) is 2.53. The zero-order valence-electron chi connectivity index (χ0n) is 16.1. The Kier molecular flexibility index (Phi) is 7.52. The maximum atomic E-state index is 12.1. The fraction of sp³-hybridized carbons (Fsp3) is 0.409. The second-order valence-corrected chi connectivity index (χ2v) is 6.78. The van der Waals surface area contributed by atoms with Gasteiger partial charge in [0, 0.05) is 6.54 Å². The quantitative estimate of drug-likeness (QED) is 0.682. The first-order valence-corrected chi connectivity index (χ1v) is 9.20. The van der Waals surface area contributed by atoms with E-state index in [2.05, 4.69) is 17.4 Å². The van der Waals surface area contributed by atoms with Crippen LogP contribution < -0.4 is 14.8 Å². The van der Waals surface area contributed by atoms with Crippen LogP contribution in [0.1, 0.15) is 38.3 Å². The molecule has 1 amide bonds. The van der Waals surface area contributed by atoms with E-state index in [1.165, 1.54) is 11.1 Å². The summed E-state index contributed by atoms with van der Waals surface area (Å²) in [4.78, 5) is 12.1. The van der Waals surface area contributed by atoms with Crippen LogP contribution in [0.25, 0.3) is 0 Å². The molecular formula is C22H29NO3. The molecule has 0 spiro atoms. The van der Waals surface area contributed by atoms with Gasteiger partial charge in [-0.15, -0.1) is 0 Å². The van der Waals surface area contributed by atoms with Crippen LogP contribution in [0.2, 0.25) is 0 Å². The van der Waals surface area contributed by atoms with E-state index in [4.69, 9.17) is 9.47 Å². The maximum absolute atomic E-state index is 12.1. The highest BCUT2D eigenvalue weighted by atomic mass is 16.5. The molecule has 1 atom stereocenters. The van der Waals surface area contributed by atoms with E-state index in [0.717, 1.165) is 18.6 Å². The highest BCUT2D eigenvalue weighted by Crippen LogP contribution is 2.15. The van der Waals surface area contributed by atoms with E-state index in [-0.39, 0.29) is 12.0 Å². The SMILES string of the molecule is Cc1ccc(O[C@@H](C)C(=O)NCCCc2ccc(OC(C)C)cc2)cc1. The summed E-state index contributed by atoms with van der Waals surface area (Å²) in [5, 5.41) is 2.93. The van der Waals surface area contributed by atoms with Crippen LogP contribution in [-0.2, 0) is 11.2 Å². The fourth-order valence-electron chi connectivity index (χ4n) is 2.53. The molecule has 0 heterocycles. The molecule has 0 saturated carbocycles. The molecule has 2 rings (SSSR count). The molecule has 26 heavy (non-hydrogen) atoms. The Bertz CT molecular complexity index is 678. The lowest BCUT2D eigenvalue weighted by atomic mass is 10.1. The smallest absolute Gasteiger partial charge is 0.260 e. The van der Waals surface area contributed by atoms with Gasteiger partial charge in [0.25, 0.3) is 5.91 Å². The standard InChI is InChI=1S/C22H29NO3/c1-16(2)25-20-13-9-19(10-14-20)6-5-15-23-22(24)18(4)26-21-11-7-17(3)8-12-21/h7-14,16,18H,5-6,15H2,1-4H3,(H,23,24)/t18-/m0/s1. The van der Waals surface area contributed by atoms with Crippen molar-refractivity contribution >= 4 is 5.91 Å². The summed E-state index contributed by atoms with van der Waals surface area (Å²) in [6.45, 7) is 8.44. The number of rotatable bonds is 9. The predicted octanol–water partition coefficient (Wildman–Crippen LogP) is 4.30. The van der Waals surface area contributed by atoms with E-state index >= 15 is 0 Å². The Balaban J connectivity index is 1.68. The van der Waals surface area contributed by atoms with Crippen LogP contribution in [0, 0.1) is 6.92 Å². The van der Waals surface area contributed by atoms with Crippen LogP contribution in [-0.4, -0.2) is 24.7 Å². The highest BCUT2D eigenvalue weighted by Gasteiger charge is 2.13. The summed E-state index contributed by atoms with van der Waals surface area (Å²) < 4.78 is 11.3. The van der Waals surface area contributed by atoms with Gasteiger partial charge in [0.2, 0.25) is 0 Å². The third kappa shape index (κ3) is 6.79. The second kappa shape index (κ2) is 9.85. The molecular weight excluding hydrogens is 326 g/mol. The van der Waals surface area contributed by atoms with E-state index in [1.54, 1.807) is 6.92 Å². The zero-order chi connectivity index (χ0) is 18.9. The third-order valence-electron chi connectivity index (χ3n) is 3.94. The summed E-state index contributed by atoms with van der Waals surface area (Å²) in [5.74, 6) is 1.51. The van der Waals surface area contributed by atoms with Crippen molar-refractivity contribution in [2.45, 2.75) is 52.7 Å². The highest BCUT2D eigenvalue weighted by molar-refractivity contribution is 5.80. The number of benzene rings is 2. The lowest BCUT2D eigenvalue weighted by Crippen LogP contribution is -2.36. The van der Waals surface area contributed by atoms with Gasteiger partial charge in [-0.25, -0.2) is 0 Å². The molecule has 0 bridgehead atoms. The summed E-state index contributed by atoms with van der Waals surface area (Å²) in [6, 6.07) is 15.8. The van der Waals surface area contributed by atoms with Crippen LogP contribution in [0.4, 0.5) is 0 Å². The van der Waals surface area contributed by atoms with Crippen LogP contribution in [0.15, 0.2) is 48.5 Å². The minimum absolute atomic E-state index is 0.0914. The van der Waals surface area contributed by atoms with E-state index in [1.807, 2.05) is 57.2 Å². The third-order valence-corrected chi connectivity index (χ3v) is 3.94. The number of nitrogens with one attached hydrogen (secondary N) is 1. The topological polar surface area (TPSA) is 47.6 Å². The van der Waals surface area contributed by atoms with Crippen LogP contribution in [0.5, 0.6) is 11.5 Å². The molecule has 1 N–H and O–H groups in total. The van der Waals surface area contributed by atoms with Crippen molar-refractivity contribution in [1.29, 1.82) is 0 Å². The van der Waals surface area contributed by atoms with Gasteiger partial charge in [-0.1, -0.05) is 29.8 Å². The monoisotopic (exact) mass is 355 g/mol. The molecule has 0 radical (unpaired) electrons. The zero-order valence-corrected chi connectivity index (χ0v) is 16.1. The number of hydrogen-bond donors (Lipinski definition) is 1. The molecule has 4 nitrogen and oxygen atoms in total. The average Bonchev–Trinajstić information content (AvgIpc) is 2.61. The molecule has 2 aromatic carbocycles. The molecule has 0 aliphatic carbocycles. The van der Waals surface area contributed by atoms with E-state index in [0.29, 0.717) is 12.3 Å². The van der Waals surface area contributed by atoms with Gasteiger partial charge in [-0.3, -0.25) is 4.79 Å². The molecule has 0 unspecified atom stereocenters. The Morgan fingerprint density at radius 1 is 0.923 bits per heavy atom. The molecule has 0 aliphatic rings. The first kappa shape index (κ1) is 19.8. The summed E-state index contributed by atoms with van der Waals surface area (Å²) in [6.07, 6.45) is 1.47. The largest absolute Gasteiger partial charge is 0.491 e. The van der Waals surface area contributed by atoms with Gasteiger partial charge in [0.1, 0.15) is 11.5 Å². The Morgan fingerprint density at radius 2 is 1.50 bits per heavy atom. The van der Waals surface area contributed by atoms with E-state index < -0.39 is 6.10 Å². The maximum Gasteiger partial charge on any atom is 0.260 e. The van der Waals surface area contributed by atoms with Crippen molar-refractivity contribution in [3.8, 4) is 11.5 Å². The van der Waals surface area contributed by atoms with E-state index in [9.17, 15) is 4.79 Å². The molecule has 0 fully saturated rings. The van der Waals surface area contributed by atoms with Gasteiger partial charge in [0.15, 0.2) is 6.10 Å². The minimum Gasteiger partial charge on any atom is -0.491 e. The van der Waals surface area contributed by atoms with Crippen molar-refractivity contribution in [3.63, 3.8) is 0 Å². The lowest BCUT2D eigenvalue weighted by molar-refractivity contribution is -0.127. The summed E-state index contributed by atoms with van der Waals surface area (Å²) in [7, 11) is 0. The van der Waals surface area contributed by atoms with Crippen molar-refractivity contribution < 1.29 is 14.3 Å². The van der Waals surface area contributed by atoms with Gasteiger partial charge in [-0.05, 0) is 70.4 Å². The number of carbonyl (C=O) groups is 1. The Hall–Kier alpha value is -2.49. The summed E-state index contributed by atoms with van der Waals surface area (Å²) >= 11 is 0. The summed E-state index contributed by atoms with van der Waals surface area (Å²) in [5.41, 5.74) is 2.40. The molecule has 0 saturated heterocycles. The Labute approximate surface area is 156 Å². The van der Waals surface area contributed by atoms with Crippen molar-refractivity contribution in [2.24, 2.45) is 0 Å². The van der Waals surface area contributed by atoms with Crippen molar-refractivity contribution in [1.82, 2.24) is 5.32 Å². The number of aryl methyl sites for hydroxylation is 2. The van der Waals surface area contributed by atoms with Crippen molar-refractivity contribution in [3.05, 3.63) is 59.7 Å². The molecule has 0 aromatic heterocycles. The van der Waals surface area contributed by atoms with Gasteiger partial charge < -0.3 is 14.8 Å². The number of hydrogen-bond acceptors (Lipinski definition) is 3. The lowest BCUT2D eigenvalue weighted by Gasteiger charge is -2.15. The molecule has 140 valence electrons.